The van der Waals surface area contributed by atoms with Crippen LogP contribution in [-0.2, 0) is 21.2 Å². The topological polar surface area (TPSA) is 66.0 Å². The van der Waals surface area contributed by atoms with E-state index < -0.39 is 10.0 Å². The minimum absolute atomic E-state index is 0.257. The molecule has 2 saturated heterocycles. The van der Waals surface area contributed by atoms with Crippen LogP contribution in [0.15, 0.2) is 53.6 Å². The molecule has 0 saturated carbocycles. The van der Waals surface area contributed by atoms with Gasteiger partial charge >= 0.3 is 0 Å². The molecule has 3 heterocycles. The van der Waals surface area contributed by atoms with Gasteiger partial charge < -0.3 is 9.64 Å². The first-order valence-corrected chi connectivity index (χ1v) is 12.1. The maximum absolute atomic E-state index is 12.7. The molecular weight excluding hydrogens is 400 g/mol. The number of pyridine rings is 1. The van der Waals surface area contributed by atoms with Crippen molar-refractivity contribution in [2.75, 3.05) is 63.9 Å². The van der Waals surface area contributed by atoms with Crippen molar-refractivity contribution in [3.8, 4) is 0 Å². The molecule has 162 valence electrons. The first-order chi connectivity index (χ1) is 14.6. The zero-order valence-electron chi connectivity index (χ0n) is 17.3. The molecule has 30 heavy (non-hydrogen) atoms. The van der Waals surface area contributed by atoms with Crippen molar-refractivity contribution in [1.82, 2.24) is 14.2 Å². The molecule has 1 aromatic carbocycles. The predicted molar refractivity (Wildman–Crippen MR) is 117 cm³/mol. The van der Waals surface area contributed by atoms with Crippen LogP contribution in [0.1, 0.15) is 12.0 Å². The van der Waals surface area contributed by atoms with Crippen LogP contribution in [0.2, 0.25) is 0 Å². The Morgan fingerprint density at radius 1 is 0.900 bits per heavy atom. The average Bonchev–Trinajstić information content (AvgIpc) is 2.81. The molecule has 8 heteroatoms. The normalized spacial score (nSPS) is 19.1. The van der Waals surface area contributed by atoms with Crippen LogP contribution in [-0.4, -0.2) is 81.6 Å². The fourth-order valence-corrected chi connectivity index (χ4v) is 5.35. The molecule has 7 nitrogen and oxygen atoms in total. The van der Waals surface area contributed by atoms with Crippen molar-refractivity contribution in [2.24, 2.45) is 0 Å². The number of hydrogen-bond acceptors (Lipinski definition) is 6. The van der Waals surface area contributed by atoms with Crippen LogP contribution >= 0.6 is 0 Å². The van der Waals surface area contributed by atoms with E-state index in [1.807, 2.05) is 6.07 Å². The Labute approximate surface area is 179 Å². The molecule has 0 atom stereocenters. The van der Waals surface area contributed by atoms with E-state index in [-0.39, 0.29) is 4.90 Å². The standard InChI is InChI=1S/C22H30N4O3S/c27-30(28,26-15-17-29-18-16-26)21-8-9-22(23-19-21)25-13-11-24(12-14-25)10-4-7-20-5-2-1-3-6-20/h1-3,5-6,8-9,19H,4,7,10-18H2. The summed E-state index contributed by atoms with van der Waals surface area (Å²) in [4.78, 5) is 9.45. The molecule has 2 aromatic rings. The van der Waals surface area contributed by atoms with Crippen molar-refractivity contribution in [3.63, 3.8) is 0 Å². The first-order valence-electron chi connectivity index (χ1n) is 10.7. The minimum atomic E-state index is -3.49. The third kappa shape index (κ3) is 5.18. The lowest BCUT2D eigenvalue weighted by Crippen LogP contribution is -2.47. The Balaban J connectivity index is 1.26. The SMILES string of the molecule is O=S(=O)(c1ccc(N2CCN(CCCc3ccccc3)CC2)nc1)N1CCOCC1. The quantitative estimate of drug-likeness (QED) is 0.668. The van der Waals surface area contributed by atoms with Crippen molar-refractivity contribution in [1.29, 1.82) is 0 Å². The summed E-state index contributed by atoms with van der Waals surface area (Å²) in [6.07, 6.45) is 3.77. The van der Waals surface area contributed by atoms with Gasteiger partial charge in [-0.1, -0.05) is 30.3 Å². The van der Waals surface area contributed by atoms with Gasteiger partial charge in [0.25, 0.3) is 0 Å². The molecule has 2 aliphatic heterocycles. The van der Waals surface area contributed by atoms with Crippen LogP contribution in [0.5, 0.6) is 0 Å². The van der Waals surface area contributed by atoms with E-state index in [1.54, 1.807) is 6.07 Å². The molecule has 0 unspecified atom stereocenters. The van der Waals surface area contributed by atoms with Crippen LogP contribution in [0.3, 0.4) is 0 Å². The number of sulfonamides is 1. The van der Waals surface area contributed by atoms with Gasteiger partial charge in [-0.05, 0) is 37.1 Å². The predicted octanol–water partition coefficient (Wildman–Crippen LogP) is 1.86. The van der Waals surface area contributed by atoms with Crippen molar-refractivity contribution < 1.29 is 13.2 Å². The molecule has 1 aromatic heterocycles. The van der Waals surface area contributed by atoms with Crippen molar-refractivity contribution in [3.05, 3.63) is 54.2 Å². The second-order valence-electron chi connectivity index (χ2n) is 7.79. The summed E-state index contributed by atoms with van der Waals surface area (Å²) in [6, 6.07) is 14.1. The zero-order valence-corrected chi connectivity index (χ0v) is 18.1. The summed E-state index contributed by atoms with van der Waals surface area (Å²) in [6.45, 7) is 6.62. The Kier molecular flexibility index (Phi) is 6.99. The van der Waals surface area contributed by atoms with Gasteiger partial charge in [-0.2, -0.15) is 4.31 Å². The summed E-state index contributed by atoms with van der Waals surface area (Å²) >= 11 is 0. The number of aromatic nitrogens is 1. The number of rotatable bonds is 7. The van der Waals surface area contributed by atoms with E-state index in [4.69, 9.17) is 4.74 Å². The lowest BCUT2D eigenvalue weighted by atomic mass is 10.1. The zero-order chi connectivity index (χ0) is 20.8. The third-order valence-corrected chi connectivity index (χ3v) is 7.69. The van der Waals surface area contributed by atoms with Crippen LogP contribution in [0, 0.1) is 0 Å². The molecule has 0 bridgehead atoms. The minimum Gasteiger partial charge on any atom is -0.379 e. The van der Waals surface area contributed by atoms with E-state index in [0.29, 0.717) is 26.3 Å². The number of ether oxygens (including phenoxy) is 1. The smallest absolute Gasteiger partial charge is 0.244 e. The summed E-state index contributed by atoms with van der Waals surface area (Å²) in [7, 11) is -3.49. The molecule has 0 aliphatic carbocycles. The van der Waals surface area contributed by atoms with Gasteiger partial charge in [0.1, 0.15) is 10.7 Å². The van der Waals surface area contributed by atoms with Gasteiger partial charge in [-0.25, -0.2) is 13.4 Å². The number of morpholine rings is 1. The van der Waals surface area contributed by atoms with Gasteiger partial charge in [-0.15, -0.1) is 0 Å². The largest absolute Gasteiger partial charge is 0.379 e. The van der Waals surface area contributed by atoms with Crippen molar-refractivity contribution in [2.45, 2.75) is 17.7 Å². The number of hydrogen-bond donors (Lipinski definition) is 0. The Morgan fingerprint density at radius 3 is 2.30 bits per heavy atom. The van der Waals surface area contributed by atoms with Gasteiger partial charge in [-0.3, -0.25) is 4.90 Å². The molecule has 0 N–H and O–H groups in total. The Morgan fingerprint density at radius 2 is 1.63 bits per heavy atom. The van der Waals surface area contributed by atoms with Crippen LogP contribution < -0.4 is 4.90 Å². The maximum Gasteiger partial charge on any atom is 0.244 e. The highest BCUT2D eigenvalue weighted by molar-refractivity contribution is 7.89. The van der Waals surface area contributed by atoms with Crippen molar-refractivity contribution >= 4 is 15.8 Å². The highest BCUT2D eigenvalue weighted by atomic mass is 32.2. The van der Waals surface area contributed by atoms with E-state index in [2.05, 4.69) is 45.1 Å². The monoisotopic (exact) mass is 430 g/mol. The highest BCUT2D eigenvalue weighted by Gasteiger charge is 2.27. The molecule has 0 spiro atoms. The molecule has 0 amide bonds. The molecule has 0 radical (unpaired) electrons. The maximum atomic E-state index is 12.7. The number of piperazine rings is 1. The summed E-state index contributed by atoms with van der Waals surface area (Å²) < 4.78 is 32.2. The van der Waals surface area contributed by atoms with Gasteiger partial charge in [0.2, 0.25) is 10.0 Å². The second-order valence-corrected chi connectivity index (χ2v) is 9.72. The Bertz CT molecular complexity index is 892. The van der Waals surface area contributed by atoms with Gasteiger partial charge in [0, 0.05) is 45.5 Å². The third-order valence-electron chi connectivity index (χ3n) is 5.81. The molecular formula is C22H30N4O3S. The number of anilines is 1. The lowest BCUT2D eigenvalue weighted by molar-refractivity contribution is 0.0730. The van der Waals surface area contributed by atoms with E-state index in [9.17, 15) is 8.42 Å². The van der Waals surface area contributed by atoms with E-state index in [1.165, 1.54) is 16.1 Å². The highest BCUT2D eigenvalue weighted by Crippen LogP contribution is 2.20. The molecule has 2 fully saturated rings. The number of benzene rings is 1. The van der Waals surface area contributed by atoms with Crippen LogP contribution in [0.4, 0.5) is 5.82 Å². The number of aryl methyl sites for hydroxylation is 1. The number of nitrogens with zero attached hydrogens (tertiary/aromatic N) is 4. The van der Waals surface area contributed by atoms with Crippen LogP contribution in [0.25, 0.3) is 0 Å². The Hall–Kier alpha value is -2.00. The molecule has 4 rings (SSSR count). The first kappa shape index (κ1) is 21.2. The fourth-order valence-electron chi connectivity index (χ4n) is 4.00. The van der Waals surface area contributed by atoms with Gasteiger partial charge in [0.05, 0.1) is 13.2 Å². The summed E-state index contributed by atoms with van der Waals surface area (Å²) in [5.41, 5.74) is 1.40. The average molecular weight is 431 g/mol. The van der Waals surface area contributed by atoms with E-state index >= 15 is 0 Å². The molecule has 2 aliphatic rings. The fraction of sp³-hybridized carbons (Fsp3) is 0.500. The second kappa shape index (κ2) is 9.87. The van der Waals surface area contributed by atoms with E-state index in [0.717, 1.165) is 51.4 Å². The van der Waals surface area contributed by atoms with Gasteiger partial charge in [0.15, 0.2) is 0 Å². The summed E-state index contributed by atoms with van der Waals surface area (Å²) in [5.74, 6) is 0.847. The summed E-state index contributed by atoms with van der Waals surface area (Å²) in [5, 5.41) is 0. The lowest BCUT2D eigenvalue weighted by Gasteiger charge is -2.35.